The van der Waals surface area contributed by atoms with Gasteiger partial charge in [-0.15, -0.1) is 10.2 Å². The number of anilines is 1. The second-order valence-corrected chi connectivity index (χ2v) is 8.96. The molecular formula is C18H17Cl2N5O2S2. The van der Waals surface area contributed by atoms with Gasteiger partial charge in [-0.2, -0.15) is 5.10 Å². The molecule has 0 bridgehead atoms. The van der Waals surface area contributed by atoms with E-state index in [0.29, 0.717) is 31.8 Å². The lowest BCUT2D eigenvalue weighted by molar-refractivity contribution is 0.101. The van der Waals surface area contributed by atoms with Gasteiger partial charge in [-0.25, -0.2) is 4.68 Å². The third kappa shape index (κ3) is 5.79. The molecule has 1 aromatic carbocycles. The van der Waals surface area contributed by atoms with Crippen molar-refractivity contribution in [1.82, 2.24) is 20.0 Å². The lowest BCUT2D eigenvalue weighted by atomic mass is 10.2. The summed E-state index contributed by atoms with van der Waals surface area (Å²) in [6.45, 7) is 2.49. The molecule has 0 saturated carbocycles. The molecular weight excluding hydrogens is 453 g/mol. The van der Waals surface area contributed by atoms with E-state index in [1.807, 2.05) is 6.92 Å². The third-order valence-electron chi connectivity index (χ3n) is 3.85. The molecule has 7 nitrogen and oxygen atoms in total. The van der Waals surface area contributed by atoms with E-state index < -0.39 is 5.91 Å². The zero-order valence-electron chi connectivity index (χ0n) is 15.4. The fourth-order valence-corrected chi connectivity index (χ4v) is 4.81. The van der Waals surface area contributed by atoms with Crippen molar-refractivity contribution in [2.24, 2.45) is 0 Å². The van der Waals surface area contributed by atoms with Crippen LogP contribution >= 0.6 is 46.3 Å². The number of halogens is 2. The average molecular weight is 470 g/mol. The summed E-state index contributed by atoms with van der Waals surface area (Å²) in [4.78, 5) is 24.3. The number of hydrogen-bond acceptors (Lipinski definition) is 7. The number of aromatic nitrogens is 4. The first-order valence-corrected chi connectivity index (χ1v) is 11.3. The second-order valence-electron chi connectivity index (χ2n) is 5.95. The van der Waals surface area contributed by atoms with E-state index >= 15 is 0 Å². The minimum Gasteiger partial charge on any atom is -0.295 e. The number of amides is 1. The highest BCUT2D eigenvalue weighted by Crippen LogP contribution is 2.33. The Kier molecular flexibility index (Phi) is 7.65. The Labute approximate surface area is 185 Å². The minimum absolute atomic E-state index is 0.146. The van der Waals surface area contributed by atoms with Crippen molar-refractivity contribution in [2.75, 3.05) is 5.32 Å². The SMILES string of the molecule is CCCCn1nc(C(=O)Nc2nnc(SCc3c(Cl)cccc3Cl)s2)ccc1=O. The second kappa shape index (κ2) is 10.2. The fraction of sp³-hybridized carbons (Fsp3) is 0.278. The predicted molar refractivity (Wildman–Crippen MR) is 117 cm³/mol. The third-order valence-corrected chi connectivity index (χ3v) is 6.56. The molecule has 3 rings (SSSR count). The van der Waals surface area contributed by atoms with Crippen LogP contribution in [0.5, 0.6) is 0 Å². The molecule has 0 unspecified atom stereocenters. The normalized spacial score (nSPS) is 10.9. The molecule has 0 aliphatic heterocycles. The van der Waals surface area contributed by atoms with Crippen molar-refractivity contribution in [2.45, 2.75) is 36.4 Å². The summed E-state index contributed by atoms with van der Waals surface area (Å²) in [5, 5.41) is 16.4. The number of unbranched alkanes of at least 4 members (excludes halogenated alkanes) is 1. The van der Waals surface area contributed by atoms with Crippen molar-refractivity contribution in [3.8, 4) is 0 Å². The Bertz CT molecular complexity index is 1050. The Hall–Kier alpha value is -1.94. The summed E-state index contributed by atoms with van der Waals surface area (Å²) in [6, 6.07) is 8.09. The van der Waals surface area contributed by atoms with Gasteiger partial charge in [0.25, 0.3) is 11.5 Å². The maximum absolute atomic E-state index is 12.4. The Balaban J connectivity index is 1.64. The van der Waals surface area contributed by atoms with Gasteiger partial charge in [0, 0.05) is 28.4 Å². The highest BCUT2D eigenvalue weighted by Gasteiger charge is 2.14. The molecule has 0 saturated heterocycles. The van der Waals surface area contributed by atoms with Crippen molar-refractivity contribution in [1.29, 1.82) is 0 Å². The van der Waals surface area contributed by atoms with Gasteiger partial charge in [0.2, 0.25) is 5.13 Å². The van der Waals surface area contributed by atoms with Crippen LogP contribution < -0.4 is 10.9 Å². The van der Waals surface area contributed by atoms with Gasteiger partial charge in [0.1, 0.15) is 5.69 Å². The van der Waals surface area contributed by atoms with Gasteiger partial charge in [-0.1, -0.05) is 65.7 Å². The number of rotatable bonds is 8. The van der Waals surface area contributed by atoms with Gasteiger partial charge < -0.3 is 0 Å². The van der Waals surface area contributed by atoms with Crippen LogP contribution in [-0.4, -0.2) is 25.9 Å². The van der Waals surface area contributed by atoms with E-state index in [4.69, 9.17) is 23.2 Å². The molecule has 2 heterocycles. The Morgan fingerprint density at radius 3 is 2.69 bits per heavy atom. The minimum atomic E-state index is -0.447. The summed E-state index contributed by atoms with van der Waals surface area (Å²) < 4.78 is 1.96. The largest absolute Gasteiger partial charge is 0.295 e. The molecule has 0 aliphatic carbocycles. The van der Waals surface area contributed by atoms with Gasteiger partial charge in [-0.3, -0.25) is 14.9 Å². The zero-order chi connectivity index (χ0) is 20.8. The number of thioether (sulfide) groups is 1. The molecule has 0 radical (unpaired) electrons. The van der Waals surface area contributed by atoms with E-state index in [1.54, 1.807) is 18.2 Å². The van der Waals surface area contributed by atoms with Crippen molar-refractivity contribution >= 4 is 57.3 Å². The maximum Gasteiger partial charge on any atom is 0.277 e. The molecule has 0 fully saturated rings. The first-order valence-electron chi connectivity index (χ1n) is 8.76. The number of hydrogen-bond donors (Lipinski definition) is 1. The summed E-state index contributed by atoms with van der Waals surface area (Å²) in [7, 11) is 0. The smallest absolute Gasteiger partial charge is 0.277 e. The number of nitrogens with one attached hydrogen (secondary N) is 1. The van der Waals surface area contributed by atoms with E-state index in [2.05, 4.69) is 20.6 Å². The number of nitrogens with zero attached hydrogens (tertiary/aromatic N) is 4. The number of aryl methyl sites for hydroxylation is 1. The summed E-state index contributed by atoms with van der Waals surface area (Å²) in [5.74, 6) is 0.0856. The first kappa shape index (κ1) is 21.8. The van der Waals surface area contributed by atoms with Crippen LogP contribution in [0.2, 0.25) is 10.0 Å². The molecule has 2 aromatic heterocycles. The van der Waals surface area contributed by atoms with Crippen LogP contribution in [0.25, 0.3) is 0 Å². The monoisotopic (exact) mass is 469 g/mol. The lowest BCUT2D eigenvalue weighted by Gasteiger charge is -2.05. The molecule has 29 heavy (non-hydrogen) atoms. The van der Waals surface area contributed by atoms with Crippen molar-refractivity contribution in [3.05, 3.63) is 62.0 Å². The predicted octanol–water partition coefficient (Wildman–Crippen LogP) is 4.75. The number of carbonyl (C=O) groups excluding carboxylic acids is 1. The van der Waals surface area contributed by atoms with Crippen LogP contribution in [0.4, 0.5) is 5.13 Å². The highest BCUT2D eigenvalue weighted by atomic mass is 35.5. The molecule has 1 amide bonds. The van der Waals surface area contributed by atoms with Crippen LogP contribution in [0, 0.1) is 0 Å². The molecule has 152 valence electrons. The van der Waals surface area contributed by atoms with Crippen molar-refractivity contribution < 1.29 is 4.79 Å². The zero-order valence-corrected chi connectivity index (χ0v) is 18.5. The maximum atomic E-state index is 12.4. The van der Waals surface area contributed by atoms with Gasteiger partial charge in [0.05, 0.1) is 0 Å². The first-order chi connectivity index (χ1) is 14.0. The van der Waals surface area contributed by atoms with Gasteiger partial charge >= 0.3 is 0 Å². The van der Waals surface area contributed by atoms with E-state index in [9.17, 15) is 9.59 Å². The Morgan fingerprint density at radius 2 is 1.97 bits per heavy atom. The molecule has 0 atom stereocenters. The van der Waals surface area contributed by atoms with E-state index in [0.717, 1.165) is 18.4 Å². The van der Waals surface area contributed by atoms with Crippen LogP contribution in [0.1, 0.15) is 35.8 Å². The number of carbonyl (C=O) groups is 1. The van der Waals surface area contributed by atoms with Gasteiger partial charge in [0.15, 0.2) is 4.34 Å². The quantitative estimate of drug-likeness (QED) is 0.378. The molecule has 11 heteroatoms. The van der Waals surface area contributed by atoms with Gasteiger partial charge in [-0.05, 0) is 30.2 Å². The summed E-state index contributed by atoms with van der Waals surface area (Å²) in [5.41, 5.74) is 0.732. The summed E-state index contributed by atoms with van der Waals surface area (Å²) >= 11 is 15.0. The van der Waals surface area contributed by atoms with E-state index in [-0.39, 0.29) is 11.3 Å². The molecule has 0 spiro atoms. The lowest BCUT2D eigenvalue weighted by Crippen LogP contribution is -2.26. The topological polar surface area (TPSA) is 89.8 Å². The Morgan fingerprint density at radius 1 is 1.21 bits per heavy atom. The van der Waals surface area contributed by atoms with E-state index in [1.165, 1.54) is 39.9 Å². The van der Waals surface area contributed by atoms with Crippen LogP contribution in [-0.2, 0) is 12.3 Å². The average Bonchev–Trinajstić information content (AvgIpc) is 3.14. The van der Waals surface area contributed by atoms with Crippen LogP contribution in [0.15, 0.2) is 39.5 Å². The molecule has 3 aromatic rings. The standard InChI is InChI=1S/C18H17Cl2N5O2S2/c1-2-3-9-25-15(26)8-7-14(24-25)16(27)21-17-22-23-18(29-17)28-10-11-12(19)5-4-6-13(11)20/h4-8H,2-3,9-10H2,1H3,(H,21,22,27). The summed E-state index contributed by atoms with van der Waals surface area (Å²) in [6.07, 6.45) is 1.74. The molecule has 1 N–H and O–H groups in total. The van der Waals surface area contributed by atoms with Crippen molar-refractivity contribution in [3.63, 3.8) is 0 Å². The fourth-order valence-electron chi connectivity index (χ4n) is 2.32. The highest BCUT2D eigenvalue weighted by molar-refractivity contribution is 8.00. The molecule has 0 aliphatic rings. The number of benzene rings is 1. The van der Waals surface area contributed by atoms with Crippen LogP contribution in [0.3, 0.4) is 0 Å².